The van der Waals surface area contributed by atoms with Gasteiger partial charge in [-0.3, -0.25) is 52.9 Å². The highest BCUT2D eigenvalue weighted by atomic mass is 33.1. The molecule has 1 aliphatic carbocycles. The highest BCUT2D eigenvalue weighted by Gasteiger charge is 2.42. The molecule has 3 aliphatic rings. The summed E-state index contributed by atoms with van der Waals surface area (Å²) in [6, 6.07) is 6.83. The van der Waals surface area contributed by atoms with E-state index in [2.05, 4.69) is 42.2 Å². The van der Waals surface area contributed by atoms with Crippen LogP contribution in [0.2, 0.25) is 0 Å². The lowest BCUT2D eigenvalue weighted by Crippen LogP contribution is -2.61. The second-order valence-electron chi connectivity index (χ2n) is 20.3. The molecule has 2 aromatic rings. The number of carbonyl (C=O) groups is 10. The lowest BCUT2D eigenvalue weighted by atomic mass is 9.85. The normalized spacial score (nSPS) is 22.9. The fourth-order valence-corrected chi connectivity index (χ4v) is 13.0. The maximum Gasteiger partial charge on any atom is 0.246 e. The van der Waals surface area contributed by atoms with E-state index in [1.165, 1.54) is 26.5 Å². The molecule has 7 atom stereocenters. The molecule has 1 spiro atoms. The van der Waals surface area contributed by atoms with Gasteiger partial charge in [0.1, 0.15) is 48.0 Å². The molecule has 0 unspecified atom stereocenters. The van der Waals surface area contributed by atoms with Gasteiger partial charge in [-0.2, -0.15) is 0 Å². The third kappa shape index (κ3) is 20.0. The van der Waals surface area contributed by atoms with Crippen LogP contribution in [0.1, 0.15) is 103 Å². The molecule has 0 radical (unpaired) electrons. The van der Waals surface area contributed by atoms with Gasteiger partial charge < -0.3 is 69.8 Å². The predicted molar refractivity (Wildman–Crippen MR) is 299 cm³/mol. The Balaban J connectivity index is 1.52. The molecule has 2 aliphatic heterocycles. The van der Waals surface area contributed by atoms with Crippen molar-refractivity contribution in [3.8, 4) is 5.75 Å². The number of likely N-dealkylation sites (tertiary alicyclic amines) is 1. The number of amides is 10. The highest BCUT2D eigenvalue weighted by Crippen LogP contribution is 2.48. The third-order valence-electron chi connectivity index (χ3n) is 13.7. The van der Waals surface area contributed by atoms with Gasteiger partial charge in [0.25, 0.3) is 0 Å². The van der Waals surface area contributed by atoms with Gasteiger partial charge in [-0.15, -0.1) is 0 Å². The fraction of sp³-hybridized carbons (Fsp3) is 0.566. The Bertz CT molecular complexity index is 2490. The average Bonchev–Trinajstić information content (AvgIpc) is 3.91. The molecule has 1 saturated carbocycles. The largest absolute Gasteiger partial charge is 0.494 e. The Morgan fingerprint density at radius 1 is 0.772 bits per heavy atom. The molecular weight excluding hydrogens is 1060 g/mol. The summed E-state index contributed by atoms with van der Waals surface area (Å²) in [6.07, 6.45) is 3.75. The van der Waals surface area contributed by atoms with Gasteiger partial charge in [-0.1, -0.05) is 97.2 Å². The third-order valence-corrected chi connectivity index (χ3v) is 17.0. The smallest absolute Gasteiger partial charge is 0.246 e. The van der Waals surface area contributed by atoms with Crippen molar-refractivity contribution in [2.75, 3.05) is 32.0 Å². The summed E-state index contributed by atoms with van der Waals surface area (Å²) in [5.74, 6) is -7.88. The Hall–Kier alpha value is -7.09. The molecule has 432 valence electrons. The number of rotatable bonds is 19. The van der Waals surface area contributed by atoms with Crippen molar-refractivity contribution in [2.24, 2.45) is 33.8 Å². The molecule has 24 nitrogen and oxygen atoms in total. The fourth-order valence-electron chi connectivity index (χ4n) is 9.66. The summed E-state index contributed by atoms with van der Waals surface area (Å²) in [4.78, 5) is 144. The first-order valence-corrected chi connectivity index (χ1v) is 29.1. The molecule has 2 saturated heterocycles. The Kier molecular flexibility index (Phi) is 24.5. The number of carbonyl (C=O) groups excluding carboxylic acids is 10. The van der Waals surface area contributed by atoms with Crippen molar-refractivity contribution >= 4 is 86.6 Å². The van der Waals surface area contributed by atoms with Gasteiger partial charge in [0.05, 0.1) is 19.6 Å². The van der Waals surface area contributed by atoms with Crippen molar-refractivity contribution in [3.05, 3.63) is 65.7 Å². The van der Waals surface area contributed by atoms with E-state index in [0.29, 0.717) is 42.7 Å². The maximum atomic E-state index is 15.0. The van der Waals surface area contributed by atoms with Crippen LogP contribution in [0.25, 0.3) is 0 Å². The molecule has 2 heterocycles. The SMILES string of the molecule is CCOc1ccc(C[C@@H]2NC(=O)CC3(CCCCC3)SSC[C@H](C(=O)N3CCC[C@H]3C(=O)N[C@@H](CCCN=C(N)N)C(=O)NCC(N)=O)NC(=O)[C@@H](CC(N)=O)NC(=O)[C@H](C(C)C)NC(=O)[C@@H](Cc3ccccc3)NC2=O)cc1. The summed E-state index contributed by atoms with van der Waals surface area (Å²) in [5.41, 5.74) is 23.2. The van der Waals surface area contributed by atoms with E-state index in [9.17, 15) is 47.9 Å². The zero-order valence-electron chi connectivity index (χ0n) is 45.1. The van der Waals surface area contributed by atoms with Crippen LogP contribution in [0.4, 0.5) is 0 Å². The molecule has 15 N–H and O–H groups in total. The van der Waals surface area contributed by atoms with Crippen LogP contribution >= 0.6 is 21.6 Å². The Labute approximate surface area is 468 Å². The van der Waals surface area contributed by atoms with Crippen LogP contribution in [-0.2, 0) is 60.8 Å². The van der Waals surface area contributed by atoms with Gasteiger partial charge in [-0.25, -0.2) is 0 Å². The Morgan fingerprint density at radius 2 is 1.41 bits per heavy atom. The van der Waals surface area contributed by atoms with Crippen molar-refractivity contribution in [1.82, 2.24) is 42.1 Å². The zero-order valence-corrected chi connectivity index (χ0v) is 46.7. The number of guanidine groups is 1. The molecule has 3 fully saturated rings. The van der Waals surface area contributed by atoms with Crippen molar-refractivity contribution in [1.29, 1.82) is 0 Å². The molecule has 2 aromatic carbocycles. The van der Waals surface area contributed by atoms with Crippen LogP contribution in [0.5, 0.6) is 5.75 Å². The monoisotopic (exact) mass is 1140 g/mol. The number of nitrogens with zero attached hydrogens (tertiary/aromatic N) is 2. The van der Waals surface area contributed by atoms with E-state index >= 15 is 0 Å². The zero-order chi connectivity index (χ0) is 57.6. The van der Waals surface area contributed by atoms with Crippen LogP contribution in [-0.4, -0.2) is 149 Å². The van der Waals surface area contributed by atoms with E-state index in [-0.39, 0.29) is 63.3 Å². The van der Waals surface area contributed by atoms with Crippen molar-refractivity contribution in [3.63, 3.8) is 0 Å². The van der Waals surface area contributed by atoms with E-state index < -0.39 is 125 Å². The summed E-state index contributed by atoms with van der Waals surface area (Å²) in [6.45, 7) is 5.28. The minimum atomic E-state index is -1.66. The highest BCUT2D eigenvalue weighted by molar-refractivity contribution is 8.77. The molecule has 0 bridgehead atoms. The molecule has 0 aromatic heterocycles. The number of nitrogens with one attached hydrogen (secondary N) is 7. The lowest BCUT2D eigenvalue weighted by molar-refractivity contribution is -0.142. The number of nitrogens with two attached hydrogens (primary N) is 4. The van der Waals surface area contributed by atoms with Crippen LogP contribution in [0, 0.1) is 5.92 Å². The molecule has 26 heteroatoms. The minimum absolute atomic E-state index is 0.0131. The van der Waals surface area contributed by atoms with Crippen LogP contribution < -0.4 is 64.9 Å². The average molecular weight is 1140 g/mol. The molecule has 5 rings (SSSR count). The minimum Gasteiger partial charge on any atom is -0.494 e. The first-order valence-electron chi connectivity index (χ1n) is 26.7. The van der Waals surface area contributed by atoms with Crippen LogP contribution in [0.15, 0.2) is 59.6 Å². The number of ether oxygens (including phenoxy) is 1. The second kappa shape index (κ2) is 30.9. The Morgan fingerprint density at radius 3 is 2.04 bits per heavy atom. The van der Waals surface area contributed by atoms with Gasteiger partial charge in [0.2, 0.25) is 59.1 Å². The number of benzene rings is 2. The summed E-state index contributed by atoms with van der Waals surface area (Å²) < 4.78 is 4.92. The number of hydrogen-bond acceptors (Lipinski definition) is 14. The van der Waals surface area contributed by atoms with E-state index in [0.717, 1.165) is 19.3 Å². The number of primary amides is 2. The van der Waals surface area contributed by atoms with Crippen molar-refractivity contribution in [2.45, 2.75) is 151 Å². The lowest BCUT2D eigenvalue weighted by Gasteiger charge is -2.37. The van der Waals surface area contributed by atoms with Gasteiger partial charge in [0, 0.05) is 42.9 Å². The van der Waals surface area contributed by atoms with Crippen molar-refractivity contribution < 1.29 is 52.7 Å². The van der Waals surface area contributed by atoms with E-state index in [1.54, 1.807) is 68.4 Å². The van der Waals surface area contributed by atoms with Crippen LogP contribution in [0.3, 0.4) is 0 Å². The summed E-state index contributed by atoms with van der Waals surface area (Å²) in [5, 5.41) is 19.0. The summed E-state index contributed by atoms with van der Waals surface area (Å²) >= 11 is 0. The molecule has 10 amide bonds. The quantitative estimate of drug-likeness (QED) is 0.0364. The maximum absolute atomic E-state index is 15.0. The van der Waals surface area contributed by atoms with Gasteiger partial charge in [0.15, 0.2) is 5.96 Å². The summed E-state index contributed by atoms with van der Waals surface area (Å²) in [7, 11) is 2.59. The molecule has 79 heavy (non-hydrogen) atoms. The first-order chi connectivity index (χ1) is 37.7. The number of aliphatic imine (C=N–C) groups is 1. The topological polar surface area (TPSA) is 384 Å². The standard InChI is InChI=1S/C53H77N13O11S2/c1-4-77-34-19-17-33(18-20-34)26-36-46(71)62-37(25-32-13-7-5-8-14-32)48(73)65-44(31(2)3)50(75)63-38(27-41(54)67)47(72)64-39(30-78-79-53(28-43(69)60-36)21-9-6-10-22-53)51(76)66-24-12-16-40(66)49(74)61-35(15-11-23-58-52(56)57)45(70)59-29-42(55)68/h5,7-8,13-14,17-20,31,35-40,44H,4,6,9-12,15-16,21-30H2,1-3H3,(H2,54,67)(H2,55,68)(H,59,70)(H,60,69)(H,61,74)(H,62,71)(H,63,75)(H,64,72)(H,65,73)(H4,56,57,58)/t35-,36-,37+,38+,39+,40-,44-/m0/s1. The first kappa shape index (κ1) is 62.7. The second-order valence-corrected chi connectivity index (χ2v) is 23.2. The van der Waals surface area contributed by atoms with Gasteiger partial charge >= 0.3 is 0 Å². The van der Waals surface area contributed by atoms with Gasteiger partial charge in [-0.05, 0) is 74.6 Å². The van der Waals surface area contributed by atoms with E-state index in [4.69, 9.17) is 27.7 Å². The molecular formula is C53H77N13O11S2. The number of hydrogen-bond donors (Lipinski definition) is 11. The van der Waals surface area contributed by atoms with E-state index in [1.807, 2.05) is 6.92 Å². The predicted octanol–water partition coefficient (Wildman–Crippen LogP) is -0.555.